The maximum Gasteiger partial charge on any atom is 0.331 e. The van der Waals surface area contributed by atoms with Crippen LogP contribution in [0.25, 0.3) is 0 Å². The van der Waals surface area contributed by atoms with Crippen molar-refractivity contribution in [2.75, 3.05) is 33.5 Å². The van der Waals surface area contributed by atoms with E-state index in [1.54, 1.807) is 6.92 Å². The summed E-state index contributed by atoms with van der Waals surface area (Å²) in [5.41, 5.74) is 0. The number of ketones is 1. The van der Waals surface area contributed by atoms with Gasteiger partial charge in [0.2, 0.25) is 0 Å². The Labute approximate surface area is 93.6 Å². The third-order valence-electron chi connectivity index (χ3n) is 1.45. The number of alkyl halides is 1. The molecule has 1 unspecified atom stereocenters. The summed E-state index contributed by atoms with van der Waals surface area (Å²) in [5.74, 6) is -1.24. The number of hydrogen-bond acceptors (Lipinski definition) is 5. The van der Waals surface area contributed by atoms with Gasteiger partial charge in [0.1, 0.15) is 6.61 Å². The number of rotatable bonds is 8. The van der Waals surface area contributed by atoms with E-state index in [1.807, 2.05) is 0 Å². The van der Waals surface area contributed by atoms with E-state index in [1.165, 1.54) is 7.11 Å². The van der Waals surface area contributed by atoms with Gasteiger partial charge in [-0.15, -0.1) is 11.6 Å². The van der Waals surface area contributed by atoms with Gasteiger partial charge in [-0.05, 0) is 6.92 Å². The van der Waals surface area contributed by atoms with Crippen LogP contribution in [0.4, 0.5) is 0 Å². The molecule has 0 bridgehead atoms. The molecule has 0 aromatic heterocycles. The van der Waals surface area contributed by atoms with Crippen LogP contribution in [0.5, 0.6) is 0 Å². The molecule has 0 amide bonds. The monoisotopic (exact) mass is 238 g/mol. The lowest BCUT2D eigenvalue weighted by Crippen LogP contribution is -2.30. The van der Waals surface area contributed by atoms with Crippen LogP contribution in [0.15, 0.2) is 0 Å². The van der Waals surface area contributed by atoms with Gasteiger partial charge in [0.05, 0.1) is 19.8 Å². The van der Waals surface area contributed by atoms with Gasteiger partial charge in [-0.3, -0.25) is 4.79 Å². The third-order valence-corrected chi connectivity index (χ3v) is 1.87. The van der Waals surface area contributed by atoms with E-state index >= 15 is 0 Å². The number of hydrogen-bond donors (Lipinski definition) is 0. The molecule has 0 aromatic rings. The SMILES string of the molecule is CCOC(=O)C(Cl)C(=O)COCCOC. The summed E-state index contributed by atoms with van der Waals surface area (Å²) < 4.78 is 14.2. The van der Waals surface area contributed by atoms with E-state index < -0.39 is 17.1 Å². The molecule has 0 heterocycles. The normalized spacial score (nSPS) is 12.2. The second-order valence-electron chi connectivity index (χ2n) is 2.63. The van der Waals surface area contributed by atoms with Gasteiger partial charge >= 0.3 is 5.97 Å². The van der Waals surface area contributed by atoms with Crippen molar-refractivity contribution in [2.24, 2.45) is 0 Å². The maximum atomic E-state index is 11.2. The summed E-state index contributed by atoms with van der Waals surface area (Å²) >= 11 is 5.54. The number of carbonyl (C=O) groups excluding carboxylic acids is 2. The van der Waals surface area contributed by atoms with Crippen LogP contribution in [0.2, 0.25) is 0 Å². The number of Topliss-reactive ketones (excluding diaryl/α,β-unsaturated/α-hetero) is 1. The minimum atomic E-state index is -1.28. The zero-order chi connectivity index (χ0) is 11.7. The lowest BCUT2D eigenvalue weighted by atomic mass is 10.3. The molecule has 1 atom stereocenters. The molecule has 0 fully saturated rings. The Balaban J connectivity index is 3.73. The van der Waals surface area contributed by atoms with E-state index in [0.717, 1.165) is 0 Å². The fourth-order valence-electron chi connectivity index (χ4n) is 0.735. The predicted octanol–water partition coefficient (Wildman–Crippen LogP) is 0.389. The predicted molar refractivity (Wildman–Crippen MR) is 54.0 cm³/mol. The van der Waals surface area contributed by atoms with Crippen LogP contribution in [0.3, 0.4) is 0 Å². The van der Waals surface area contributed by atoms with Crippen molar-refractivity contribution in [1.82, 2.24) is 0 Å². The number of halogens is 1. The van der Waals surface area contributed by atoms with Crippen molar-refractivity contribution < 1.29 is 23.8 Å². The standard InChI is InChI=1S/C9H15ClO5/c1-3-15-9(12)8(10)7(11)6-14-5-4-13-2/h8H,3-6H2,1-2H3. The summed E-state index contributed by atoms with van der Waals surface area (Å²) in [6.07, 6.45) is 0. The van der Waals surface area contributed by atoms with Crippen molar-refractivity contribution in [1.29, 1.82) is 0 Å². The van der Waals surface area contributed by atoms with Gasteiger partial charge < -0.3 is 14.2 Å². The number of methoxy groups -OCH3 is 1. The summed E-state index contributed by atoms with van der Waals surface area (Å²) in [4.78, 5) is 22.2. The Morgan fingerprint density at radius 1 is 1.33 bits per heavy atom. The van der Waals surface area contributed by atoms with E-state index in [-0.39, 0.29) is 19.8 Å². The van der Waals surface area contributed by atoms with Crippen LogP contribution in [0.1, 0.15) is 6.92 Å². The second kappa shape index (κ2) is 8.64. The first-order valence-electron chi connectivity index (χ1n) is 4.53. The average molecular weight is 239 g/mol. The topological polar surface area (TPSA) is 61.8 Å². The van der Waals surface area contributed by atoms with Gasteiger partial charge in [-0.25, -0.2) is 4.79 Å². The lowest BCUT2D eigenvalue weighted by molar-refractivity contribution is -0.145. The zero-order valence-corrected chi connectivity index (χ0v) is 9.58. The molecule has 0 aromatic carbocycles. The summed E-state index contributed by atoms with van der Waals surface area (Å²) in [6.45, 7) is 2.30. The molecule has 0 saturated carbocycles. The zero-order valence-electron chi connectivity index (χ0n) is 8.82. The highest BCUT2D eigenvalue weighted by Crippen LogP contribution is 2.01. The molecule has 15 heavy (non-hydrogen) atoms. The molecule has 0 aliphatic rings. The molecule has 0 rings (SSSR count). The Bertz CT molecular complexity index is 207. The summed E-state index contributed by atoms with van der Waals surface area (Å²) in [7, 11) is 1.52. The van der Waals surface area contributed by atoms with E-state index in [4.69, 9.17) is 21.1 Å². The fourth-order valence-corrected chi connectivity index (χ4v) is 0.861. The number of esters is 1. The molecule has 5 nitrogen and oxygen atoms in total. The molecular formula is C9H15ClO5. The first kappa shape index (κ1) is 14.3. The molecule has 6 heteroatoms. The van der Waals surface area contributed by atoms with Crippen LogP contribution < -0.4 is 0 Å². The molecule has 0 saturated heterocycles. The highest BCUT2D eigenvalue weighted by Gasteiger charge is 2.24. The third kappa shape index (κ3) is 6.43. The Hall–Kier alpha value is -0.650. The van der Waals surface area contributed by atoms with Gasteiger partial charge in [-0.2, -0.15) is 0 Å². The molecule has 0 radical (unpaired) electrons. The van der Waals surface area contributed by atoms with Crippen molar-refractivity contribution in [3.8, 4) is 0 Å². The smallest absolute Gasteiger partial charge is 0.331 e. The van der Waals surface area contributed by atoms with Crippen LogP contribution in [-0.2, 0) is 23.8 Å². The molecule has 0 aliphatic heterocycles. The highest BCUT2D eigenvalue weighted by atomic mass is 35.5. The summed E-state index contributed by atoms with van der Waals surface area (Å²) in [5, 5.41) is -1.28. The van der Waals surface area contributed by atoms with Gasteiger partial charge in [0.25, 0.3) is 0 Å². The maximum absolute atomic E-state index is 11.2. The number of carbonyl (C=O) groups is 2. The fraction of sp³-hybridized carbons (Fsp3) is 0.778. The molecule has 0 N–H and O–H groups in total. The van der Waals surface area contributed by atoms with Crippen molar-refractivity contribution in [2.45, 2.75) is 12.3 Å². The van der Waals surface area contributed by atoms with Crippen molar-refractivity contribution >= 4 is 23.4 Å². The first-order valence-corrected chi connectivity index (χ1v) is 4.97. The van der Waals surface area contributed by atoms with Gasteiger partial charge in [-0.1, -0.05) is 0 Å². The van der Waals surface area contributed by atoms with E-state index in [2.05, 4.69) is 4.74 Å². The average Bonchev–Trinajstić information content (AvgIpc) is 2.23. The lowest BCUT2D eigenvalue weighted by Gasteiger charge is -2.07. The Morgan fingerprint density at radius 3 is 2.53 bits per heavy atom. The van der Waals surface area contributed by atoms with Gasteiger partial charge in [0.15, 0.2) is 11.2 Å². The highest BCUT2D eigenvalue weighted by molar-refractivity contribution is 6.41. The van der Waals surface area contributed by atoms with Crippen molar-refractivity contribution in [3.05, 3.63) is 0 Å². The minimum absolute atomic E-state index is 0.194. The minimum Gasteiger partial charge on any atom is -0.465 e. The Morgan fingerprint density at radius 2 is 2.00 bits per heavy atom. The van der Waals surface area contributed by atoms with E-state index in [0.29, 0.717) is 6.61 Å². The molecule has 0 aliphatic carbocycles. The quantitative estimate of drug-likeness (QED) is 0.265. The first-order chi connectivity index (χ1) is 7.13. The van der Waals surface area contributed by atoms with Crippen molar-refractivity contribution in [3.63, 3.8) is 0 Å². The number of ether oxygens (including phenoxy) is 3. The van der Waals surface area contributed by atoms with E-state index in [9.17, 15) is 9.59 Å². The molecule has 88 valence electrons. The molecule has 0 spiro atoms. The van der Waals surface area contributed by atoms with Crippen LogP contribution in [0, 0.1) is 0 Å². The van der Waals surface area contributed by atoms with Crippen LogP contribution in [-0.4, -0.2) is 50.7 Å². The molecular weight excluding hydrogens is 224 g/mol. The Kier molecular flexibility index (Phi) is 8.27. The summed E-state index contributed by atoms with van der Waals surface area (Å²) in [6, 6.07) is 0. The largest absolute Gasteiger partial charge is 0.465 e. The van der Waals surface area contributed by atoms with Crippen LogP contribution >= 0.6 is 11.6 Å². The van der Waals surface area contributed by atoms with Gasteiger partial charge in [0, 0.05) is 7.11 Å². The second-order valence-corrected chi connectivity index (χ2v) is 3.06.